The number of nitrogens with two attached hydrogens (primary N) is 1. The van der Waals surface area contributed by atoms with Crippen LogP contribution in [-0.4, -0.2) is 7.05 Å². The van der Waals surface area contributed by atoms with Crippen LogP contribution in [0.2, 0.25) is 0 Å². The molecule has 0 fully saturated rings. The molecule has 0 saturated heterocycles. The Balaban J connectivity index is 2.73. The minimum absolute atomic E-state index is 0.729. The molecule has 0 saturated carbocycles. The first kappa shape index (κ1) is 10.9. The third-order valence-electron chi connectivity index (χ3n) is 2.42. The van der Waals surface area contributed by atoms with Gasteiger partial charge < -0.3 is 11.1 Å². The Kier molecular flexibility index (Phi) is 3.81. The Bertz CT molecular complexity index is 292. The maximum atomic E-state index is 5.90. The van der Waals surface area contributed by atoms with E-state index in [2.05, 4.69) is 25.2 Å². The molecule has 0 amide bonds. The van der Waals surface area contributed by atoms with E-state index in [1.54, 1.807) is 0 Å². The van der Waals surface area contributed by atoms with E-state index in [1.165, 1.54) is 12.0 Å². The molecule has 0 atom stereocenters. The van der Waals surface area contributed by atoms with Crippen molar-refractivity contribution in [1.82, 2.24) is 0 Å². The van der Waals surface area contributed by atoms with Crippen molar-refractivity contribution in [2.24, 2.45) is 5.92 Å². The van der Waals surface area contributed by atoms with Gasteiger partial charge >= 0.3 is 0 Å². The monoisotopic (exact) mass is 192 g/mol. The molecule has 78 valence electrons. The third kappa shape index (κ3) is 2.95. The van der Waals surface area contributed by atoms with E-state index in [-0.39, 0.29) is 0 Å². The molecule has 1 rings (SSSR count). The minimum Gasteiger partial charge on any atom is -0.399 e. The van der Waals surface area contributed by atoms with Crippen molar-refractivity contribution >= 4 is 11.4 Å². The maximum Gasteiger partial charge on any atom is 0.0348 e. The fraction of sp³-hybridized carbons (Fsp3) is 0.500. The van der Waals surface area contributed by atoms with Crippen LogP contribution in [0.3, 0.4) is 0 Å². The van der Waals surface area contributed by atoms with Crippen LogP contribution in [0.5, 0.6) is 0 Å². The second-order valence-corrected chi connectivity index (χ2v) is 4.10. The van der Waals surface area contributed by atoms with Crippen LogP contribution in [0.25, 0.3) is 0 Å². The molecule has 0 bridgehead atoms. The van der Waals surface area contributed by atoms with Crippen molar-refractivity contribution in [3.05, 3.63) is 23.8 Å². The van der Waals surface area contributed by atoms with Crippen LogP contribution < -0.4 is 11.1 Å². The average Bonchev–Trinajstić information content (AvgIpc) is 2.16. The van der Waals surface area contributed by atoms with Gasteiger partial charge in [0.25, 0.3) is 0 Å². The largest absolute Gasteiger partial charge is 0.399 e. The Morgan fingerprint density at radius 1 is 1.36 bits per heavy atom. The number of benzene rings is 1. The van der Waals surface area contributed by atoms with Crippen LogP contribution in [0, 0.1) is 5.92 Å². The summed E-state index contributed by atoms with van der Waals surface area (Å²) in [5.74, 6) is 0.729. The van der Waals surface area contributed by atoms with Gasteiger partial charge in [0.2, 0.25) is 0 Å². The quantitative estimate of drug-likeness (QED) is 0.720. The molecule has 0 aliphatic carbocycles. The topological polar surface area (TPSA) is 38.0 Å². The molecule has 2 heteroatoms. The van der Waals surface area contributed by atoms with E-state index in [4.69, 9.17) is 5.73 Å². The van der Waals surface area contributed by atoms with Crippen LogP contribution >= 0.6 is 0 Å². The molecule has 14 heavy (non-hydrogen) atoms. The highest BCUT2D eigenvalue weighted by molar-refractivity contribution is 5.57. The van der Waals surface area contributed by atoms with Gasteiger partial charge in [0.15, 0.2) is 0 Å². The SMILES string of the molecule is CNc1ccc(N)c(CCC(C)C)c1. The van der Waals surface area contributed by atoms with Gasteiger partial charge in [-0.2, -0.15) is 0 Å². The number of hydrogen-bond acceptors (Lipinski definition) is 2. The maximum absolute atomic E-state index is 5.90. The summed E-state index contributed by atoms with van der Waals surface area (Å²) >= 11 is 0. The third-order valence-corrected chi connectivity index (χ3v) is 2.42. The molecule has 0 spiro atoms. The van der Waals surface area contributed by atoms with E-state index in [0.29, 0.717) is 0 Å². The van der Waals surface area contributed by atoms with E-state index in [9.17, 15) is 0 Å². The summed E-state index contributed by atoms with van der Waals surface area (Å²) in [5, 5.41) is 3.13. The Morgan fingerprint density at radius 3 is 2.64 bits per heavy atom. The number of rotatable bonds is 4. The predicted octanol–water partition coefficient (Wildman–Crippen LogP) is 2.90. The Labute approximate surface area is 86.5 Å². The van der Waals surface area contributed by atoms with E-state index in [0.717, 1.165) is 23.7 Å². The van der Waals surface area contributed by atoms with Crippen molar-refractivity contribution in [2.75, 3.05) is 18.1 Å². The van der Waals surface area contributed by atoms with Gasteiger partial charge in [0.05, 0.1) is 0 Å². The highest BCUT2D eigenvalue weighted by Gasteiger charge is 2.02. The molecule has 0 aromatic heterocycles. The van der Waals surface area contributed by atoms with Gasteiger partial charge in [-0.25, -0.2) is 0 Å². The van der Waals surface area contributed by atoms with E-state index >= 15 is 0 Å². The van der Waals surface area contributed by atoms with Gasteiger partial charge in [0, 0.05) is 18.4 Å². The van der Waals surface area contributed by atoms with Gasteiger partial charge in [-0.1, -0.05) is 13.8 Å². The molecule has 1 aromatic carbocycles. The van der Waals surface area contributed by atoms with E-state index in [1.807, 2.05) is 19.2 Å². The summed E-state index contributed by atoms with van der Waals surface area (Å²) in [6, 6.07) is 6.12. The lowest BCUT2D eigenvalue weighted by Crippen LogP contribution is -1.99. The van der Waals surface area contributed by atoms with Crippen LogP contribution in [0.15, 0.2) is 18.2 Å². The second kappa shape index (κ2) is 4.89. The lowest BCUT2D eigenvalue weighted by molar-refractivity contribution is 0.587. The number of nitrogen functional groups attached to an aromatic ring is 1. The molecule has 1 aromatic rings. The van der Waals surface area contributed by atoms with Gasteiger partial charge in [-0.15, -0.1) is 0 Å². The normalized spacial score (nSPS) is 10.6. The highest BCUT2D eigenvalue weighted by atomic mass is 14.8. The molecule has 0 radical (unpaired) electrons. The zero-order valence-electron chi connectivity index (χ0n) is 9.30. The van der Waals surface area contributed by atoms with Crippen molar-refractivity contribution < 1.29 is 0 Å². The van der Waals surface area contributed by atoms with Crippen LogP contribution in [0.4, 0.5) is 11.4 Å². The summed E-state index contributed by atoms with van der Waals surface area (Å²) < 4.78 is 0. The molecule has 3 N–H and O–H groups in total. The van der Waals surface area contributed by atoms with E-state index < -0.39 is 0 Å². The van der Waals surface area contributed by atoms with Crippen molar-refractivity contribution in [3.8, 4) is 0 Å². The smallest absolute Gasteiger partial charge is 0.0348 e. The first-order valence-corrected chi connectivity index (χ1v) is 5.19. The summed E-state index contributed by atoms with van der Waals surface area (Å²) in [6.45, 7) is 4.47. The lowest BCUT2D eigenvalue weighted by atomic mass is 10.0. The zero-order chi connectivity index (χ0) is 10.6. The Morgan fingerprint density at radius 2 is 2.07 bits per heavy atom. The van der Waals surface area contributed by atoms with Crippen LogP contribution in [0.1, 0.15) is 25.8 Å². The minimum atomic E-state index is 0.729. The number of nitrogens with one attached hydrogen (secondary N) is 1. The summed E-state index contributed by atoms with van der Waals surface area (Å²) in [7, 11) is 1.93. The number of anilines is 2. The molecule has 0 aliphatic heterocycles. The average molecular weight is 192 g/mol. The fourth-order valence-corrected chi connectivity index (χ4v) is 1.42. The summed E-state index contributed by atoms with van der Waals surface area (Å²) in [6.07, 6.45) is 2.26. The molecular weight excluding hydrogens is 172 g/mol. The molecular formula is C12H20N2. The second-order valence-electron chi connectivity index (χ2n) is 4.10. The molecule has 2 nitrogen and oxygen atoms in total. The molecule has 0 unspecified atom stereocenters. The highest BCUT2D eigenvalue weighted by Crippen LogP contribution is 2.20. The van der Waals surface area contributed by atoms with Gasteiger partial charge in [-0.05, 0) is 42.5 Å². The summed E-state index contributed by atoms with van der Waals surface area (Å²) in [5.41, 5.74) is 9.20. The Hall–Kier alpha value is -1.18. The fourth-order valence-electron chi connectivity index (χ4n) is 1.42. The molecule has 0 aliphatic rings. The van der Waals surface area contributed by atoms with Crippen LogP contribution in [-0.2, 0) is 6.42 Å². The van der Waals surface area contributed by atoms with Gasteiger partial charge in [0.1, 0.15) is 0 Å². The zero-order valence-corrected chi connectivity index (χ0v) is 9.30. The standard InChI is InChI=1S/C12H20N2/c1-9(2)4-5-10-8-11(14-3)6-7-12(10)13/h6-9,14H,4-5,13H2,1-3H3. The van der Waals surface area contributed by atoms with Crippen molar-refractivity contribution in [2.45, 2.75) is 26.7 Å². The first-order chi connectivity index (χ1) is 6.63. The number of aryl methyl sites for hydroxylation is 1. The van der Waals surface area contributed by atoms with Crippen molar-refractivity contribution in [3.63, 3.8) is 0 Å². The summed E-state index contributed by atoms with van der Waals surface area (Å²) in [4.78, 5) is 0. The number of hydrogen-bond donors (Lipinski definition) is 2. The predicted molar refractivity (Wildman–Crippen MR) is 63.6 cm³/mol. The van der Waals surface area contributed by atoms with Gasteiger partial charge in [-0.3, -0.25) is 0 Å². The lowest BCUT2D eigenvalue weighted by Gasteiger charge is -2.09. The van der Waals surface area contributed by atoms with Crippen molar-refractivity contribution in [1.29, 1.82) is 0 Å². The first-order valence-electron chi connectivity index (χ1n) is 5.19. The molecule has 0 heterocycles.